The summed E-state index contributed by atoms with van der Waals surface area (Å²) in [6.45, 7) is 8.25. The van der Waals surface area contributed by atoms with Crippen LogP contribution in [0.25, 0.3) is 0 Å². The van der Waals surface area contributed by atoms with E-state index in [4.69, 9.17) is 9.73 Å². The topological polar surface area (TPSA) is 95.1 Å². The normalized spacial score (nSPS) is 15.9. The number of hydrogen-bond acceptors (Lipinski definition) is 5. The first kappa shape index (κ1) is 27.9. The van der Waals surface area contributed by atoms with Gasteiger partial charge in [-0.3, -0.25) is 9.89 Å². The van der Waals surface area contributed by atoms with Gasteiger partial charge in [-0.2, -0.15) is 0 Å². The number of rotatable bonds is 12. The third-order valence-electron chi connectivity index (χ3n) is 5.19. The number of nitrogens with one attached hydrogen (secondary N) is 3. The smallest absolute Gasteiger partial charge is 0.211 e. The highest BCUT2D eigenvalue weighted by atomic mass is 127. The largest absolute Gasteiger partial charge is 0.496 e. The molecule has 0 saturated carbocycles. The van der Waals surface area contributed by atoms with Crippen LogP contribution in [0.4, 0.5) is 0 Å². The van der Waals surface area contributed by atoms with E-state index in [2.05, 4.69) is 26.3 Å². The second-order valence-electron chi connectivity index (χ2n) is 7.30. The molecule has 1 aliphatic rings. The van der Waals surface area contributed by atoms with Gasteiger partial charge in [0.05, 0.1) is 25.4 Å². The predicted molar refractivity (Wildman–Crippen MR) is 138 cm³/mol. The zero-order chi connectivity index (χ0) is 21.8. The number of hydrogen-bond donors (Lipinski definition) is 3. The lowest BCUT2D eigenvalue weighted by atomic mass is 10.0. The molecule has 1 aliphatic heterocycles. The van der Waals surface area contributed by atoms with E-state index >= 15 is 0 Å². The number of halogens is 1. The predicted octanol–water partition coefficient (Wildman–Crippen LogP) is 2.33. The van der Waals surface area contributed by atoms with Gasteiger partial charge in [-0.05, 0) is 52.3 Å². The number of ether oxygens (including phenoxy) is 1. The lowest BCUT2D eigenvalue weighted by Gasteiger charge is -2.28. The Bertz CT molecular complexity index is 770. The highest BCUT2D eigenvalue weighted by molar-refractivity contribution is 14.0. The minimum atomic E-state index is -3.14. The number of benzene rings is 1. The van der Waals surface area contributed by atoms with Gasteiger partial charge in [0.15, 0.2) is 5.96 Å². The van der Waals surface area contributed by atoms with E-state index in [-0.39, 0.29) is 35.8 Å². The van der Waals surface area contributed by atoms with Crippen LogP contribution in [0.1, 0.15) is 44.7 Å². The van der Waals surface area contributed by atoms with Gasteiger partial charge in [-0.15, -0.1) is 24.0 Å². The molecule has 1 heterocycles. The van der Waals surface area contributed by atoms with Crippen LogP contribution in [0.5, 0.6) is 5.75 Å². The summed E-state index contributed by atoms with van der Waals surface area (Å²) >= 11 is 0. The zero-order valence-corrected chi connectivity index (χ0v) is 22.0. The third-order valence-corrected chi connectivity index (χ3v) is 6.60. The van der Waals surface area contributed by atoms with Crippen LogP contribution in [0.3, 0.4) is 0 Å². The number of para-hydroxylation sites is 1. The van der Waals surface area contributed by atoms with E-state index in [9.17, 15) is 8.42 Å². The van der Waals surface area contributed by atoms with Crippen molar-refractivity contribution in [3.05, 3.63) is 29.8 Å². The summed E-state index contributed by atoms with van der Waals surface area (Å²) in [7, 11) is -1.43. The first-order chi connectivity index (χ1) is 14.5. The van der Waals surface area contributed by atoms with Gasteiger partial charge in [0.25, 0.3) is 0 Å². The summed E-state index contributed by atoms with van der Waals surface area (Å²) in [6, 6.07) is 8.33. The van der Waals surface area contributed by atoms with Gasteiger partial charge in [-0.25, -0.2) is 13.1 Å². The Morgan fingerprint density at radius 3 is 2.52 bits per heavy atom. The molecule has 1 unspecified atom stereocenters. The minimum Gasteiger partial charge on any atom is -0.496 e. The molecule has 0 radical (unpaired) electrons. The van der Waals surface area contributed by atoms with Gasteiger partial charge in [0, 0.05) is 25.2 Å². The van der Waals surface area contributed by atoms with Crippen LogP contribution in [-0.2, 0) is 10.0 Å². The molecule has 178 valence electrons. The molecule has 2 rings (SSSR count). The van der Waals surface area contributed by atoms with E-state index in [1.54, 1.807) is 14.0 Å². The molecule has 31 heavy (non-hydrogen) atoms. The molecule has 1 fully saturated rings. The fourth-order valence-electron chi connectivity index (χ4n) is 3.55. The Hall–Kier alpha value is -1.11. The molecule has 1 saturated heterocycles. The second kappa shape index (κ2) is 14.9. The summed E-state index contributed by atoms with van der Waals surface area (Å²) < 4.78 is 31.2. The van der Waals surface area contributed by atoms with Crippen molar-refractivity contribution in [2.24, 2.45) is 4.99 Å². The fraction of sp³-hybridized carbons (Fsp3) is 0.667. The molecule has 1 aromatic carbocycles. The first-order valence-corrected chi connectivity index (χ1v) is 12.5. The molecular formula is C21H38IN5O3S. The maximum absolute atomic E-state index is 11.5. The van der Waals surface area contributed by atoms with Crippen LogP contribution < -0.4 is 20.1 Å². The van der Waals surface area contributed by atoms with Crippen molar-refractivity contribution in [2.75, 3.05) is 52.1 Å². The first-order valence-electron chi connectivity index (χ1n) is 10.9. The number of nitrogens with zero attached hydrogens (tertiary/aromatic N) is 2. The Morgan fingerprint density at radius 1 is 1.16 bits per heavy atom. The van der Waals surface area contributed by atoms with Crippen LogP contribution >= 0.6 is 24.0 Å². The van der Waals surface area contributed by atoms with Gasteiger partial charge >= 0.3 is 0 Å². The Balaban J connectivity index is 0.00000480. The number of methoxy groups -OCH3 is 1. The highest BCUT2D eigenvalue weighted by Crippen LogP contribution is 2.31. The fourth-order valence-corrected chi connectivity index (χ4v) is 4.21. The summed E-state index contributed by atoms with van der Waals surface area (Å²) in [6.07, 6.45) is 3.11. The molecule has 8 nitrogen and oxygen atoms in total. The molecule has 0 aliphatic carbocycles. The van der Waals surface area contributed by atoms with Gasteiger partial charge in [0.1, 0.15) is 5.75 Å². The van der Waals surface area contributed by atoms with E-state index in [0.717, 1.165) is 36.9 Å². The van der Waals surface area contributed by atoms with Crippen molar-refractivity contribution >= 4 is 40.0 Å². The average molecular weight is 568 g/mol. The van der Waals surface area contributed by atoms with Crippen LogP contribution in [0, 0.1) is 0 Å². The Morgan fingerprint density at radius 2 is 1.87 bits per heavy atom. The van der Waals surface area contributed by atoms with Crippen molar-refractivity contribution in [2.45, 2.75) is 39.2 Å². The molecule has 1 aromatic rings. The van der Waals surface area contributed by atoms with Crippen LogP contribution in [0.15, 0.2) is 29.3 Å². The molecule has 0 spiro atoms. The summed E-state index contributed by atoms with van der Waals surface area (Å²) in [4.78, 5) is 7.31. The molecule has 0 bridgehead atoms. The highest BCUT2D eigenvalue weighted by Gasteiger charge is 2.25. The molecule has 1 atom stereocenters. The van der Waals surface area contributed by atoms with Crippen LogP contribution in [-0.4, -0.2) is 71.4 Å². The lowest BCUT2D eigenvalue weighted by molar-refractivity contribution is 0.245. The number of guanidine groups is 1. The number of sulfonamides is 1. The standard InChI is InChI=1S/C21H37N5O3S.HI/c1-4-22-21(23-13-10-14-25-30(27,28)5-2)24-17-19(26-15-8-9-16-26)18-11-6-7-12-20(18)29-3;/h6-7,11-12,19,25H,4-5,8-10,13-17H2,1-3H3,(H2,22,23,24);1H. The third kappa shape index (κ3) is 9.50. The molecule has 0 amide bonds. The van der Waals surface area contributed by atoms with E-state index in [1.165, 1.54) is 12.8 Å². The van der Waals surface area contributed by atoms with E-state index in [0.29, 0.717) is 26.1 Å². The van der Waals surface area contributed by atoms with E-state index < -0.39 is 10.0 Å². The van der Waals surface area contributed by atoms with Gasteiger partial charge in [0.2, 0.25) is 10.0 Å². The zero-order valence-electron chi connectivity index (χ0n) is 18.9. The van der Waals surface area contributed by atoms with Crippen LogP contribution in [0.2, 0.25) is 0 Å². The Labute approximate surface area is 204 Å². The monoisotopic (exact) mass is 567 g/mol. The van der Waals surface area contributed by atoms with Crippen molar-refractivity contribution in [3.63, 3.8) is 0 Å². The maximum Gasteiger partial charge on any atom is 0.211 e. The Kier molecular flexibility index (Phi) is 13.4. The minimum absolute atomic E-state index is 0. The van der Waals surface area contributed by atoms with Crippen molar-refractivity contribution < 1.29 is 13.2 Å². The summed E-state index contributed by atoms with van der Waals surface area (Å²) in [5, 5.41) is 6.58. The molecular weight excluding hydrogens is 529 g/mol. The quantitative estimate of drug-likeness (QED) is 0.155. The molecule has 3 N–H and O–H groups in total. The van der Waals surface area contributed by atoms with Crippen molar-refractivity contribution in [1.29, 1.82) is 0 Å². The van der Waals surface area contributed by atoms with Crippen molar-refractivity contribution in [1.82, 2.24) is 20.3 Å². The number of aliphatic imine (C=N–C) groups is 1. The lowest BCUT2D eigenvalue weighted by Crippen LogP contribution is -2.39. The molecule has 0 aromatic heterocycles. The second-order valence-corrected chi connectivity index (χ2v) is 9.39. The SMILES string of the molecule is CCNC(=NCC(c1ccccc1OC)N1CCCC1)NCCCNS(=O)(=O)CC.I. The van der Waals surface area contributed by atoms with Crippen molar-refractivity contribution in [3.8, 4) is 5.75 Å². The van der Waals surface area contributed by atoms with Gasteiger partial charge < -0.3 is 15.4 Å². The van der Waals surface area contributed by atoms with E-state index in [1.807, 2.05) is 25.1 Å². The average Bonchev–Trinajstić information content (AvgIpc) is 3.28. The van der Waals surface area contributed by atoms with Gasteiger partial charge in [-0.1, -0.05) is 18.2 Å². The summed E-state index contributed by atoms with van der Waals surface area (Å²) in [5.74, 6) is 1.74. The summed E-state index contributed by atoms with van der Waals surface area (Å²) in [5.41, 5.74) is 1.16. The molecule has 10 heteroatoms. The maximum atomic E-state index is 11.5. The number of likely N-dealkylation sites (tertiary alicyclic amines) is 1.